The number of fused-ring (bicyclic) bond motifs is 1. The zero-order valence-corrected chi connectivity index (χ0v) is 12.5. The van der Waals surface area contributed by atoms with Crippen molar-refractivity contribution in [2.45, 2.75) is 6.42 Å². The smallest absolute Gasteiger partial charge is 0.256 e. The van der Waals surface area contributed by atoms with Gasteiger partial charge in [0.25, 0.3) is 5.91 Å². The zero-order valence-electron chi connectivity index (χ0n) is 10.9. The number of halogens is 1. The van der Waals surface area contributed by atoms with Crippen LogP contribution in [0.15, 0.2) is 41.5 Å². The summed E-state index contributed by atoms with van der Waals surface area (Å²) in [7, 11) is 0. The van der Waals surface area contributed by atoms with Crippen LogP contribution >= 0.6 is 24.2 Å². The highest BCUT2D eigenvalue weighted by Gasteiger charge is 2.18. The molecule has 5 nitrogen and oxygen atoms in total. The van der Waals surface area contributed by atoms with E-state index >= 15 is 0 Å². The fourth-order valence-electron chi connectivity index (χ4n) is 1.98. The van der Waals surface area contributed by atoms with E-state index in [1.165, 1.54) is 11.8 Å². The van der Waals surface area contributed by atoms with Crippen molar-refractivity contribution in [3.8, 4) is 0 Å². The Balaban J connectivity index is 0.00000161. The maximum Gasteiger partial charge on any atom is 0.256 e. The molecule has 2 aromatic rings. The zero-order chi connectivity index (χ0) is 13.9. The number of hydrogen-bond acceptors (Lipinski definition) is 4. The standard InChI is InChI=1S/C14H11N3O2S.ClH/c18-11(7-13-17-12(19)8-20-13)16-10-5-1-3-9-4-2-6-15-14(9)10;/h1-6H,7-8H2,(H,16,18);1H. The van der Waals surface area contributed by atoms with E-state index in [4.69, 9.17) is 0 Å². The van der Waals surface area contributed by atoms with E-state index in [2.05, 4.69) is 15.3 Å². The Labute approximate surface area is 131 Å². The van der Waals surface area contributed by atoms with Crippen molar-refractivity contribution in [3.05, 3.63) is 36.5 Å². The third-order valence-corrected chi connectivity index (χ3v) is 3.79. The summed E-state index contributed by atoms with van der Waals surface area (Å²) >= 11 is 1.32. The number of thioether (sulfide) groups is 1. The third kappa shape index (κ3) is 3.59. The molecule has 0 aliphatic carbocycles. The first-order valence-electron chi connectivity index (χ1n) is 6.09. The van der Waals surface area contributed by atoms with Gasteiger partial charge < -0.3 is 5.32 Å². The molecule has 0 unspecified atom stereocenters. The molecule has 0 spiro atoms. The van der Waals surface area contributed by atoms with Crippen LogP contribution in [0, 0.1) is 0 Å². The number of anilines is 1. The Morgan fingerprint density at radius 2 is 2.10 bits per heavy atom. The molecule has 7 heteroatoms. The van der Waals surface area contributed by atoms with E-state index in [1.807, 2.05) is 30.3 Å². The van der Waals surface area contributed by atoms with Crippen LogP contribution in [-0.4, -0.2) is 27.6 Å². The predicted octanol–water partition coefficient (Wildman–Crippen LogP) is 2.66. The summed E-state index contributed by atoms with van der Waals surface area (Å²) in [5.41, 5.74) is 1.42. The molecular formula is C14H12ClN3O2S. The fourth-order valence-corrected chi connectivity index (χ4v) is 2.73. The number of nitrogens with one attached hydrogen (secondary N) is 1. The van der Waals surface area contributed by atoms with E-state index in [0.717, 1.165) is 10.9 Å². The fraction of sp³-hybridized carbons (Fsp3) is 0.143. The van der Waals surface area contributed by atoms with Gasteiger partial charge in [0, 0.05) is 11.6 Å². The number of benzene rings is 1. The first-order chi connectivity index (χ1) is 9.72. The molecule has 1 aromatic heterocycles. The molecule has 0 saturated carbocycles. The van der Waals surface area contributed by atoms with Gasteiger partial charge in [-0.15, -0.1) is 24.2 Å². The van der Waals surface area contributed by atoms with Gasteiger partial charge in [-0.2, -0.15) is 0 Å². The molecule has 2 amide bonds. The molecule has 2 heterocycles. The third-order valence-electron chi connectivity index (χ3n) is 2.83. The number of hydrogen-bond donors (Lipinski definition) is 1. The van der Waals surface area contributed by atoms with Gasteiger partial charge in [0.15, 0.2) is 0 Å². The number of aliphatic imine (C=N–C) groups is 1. The van der Waals surface area contributed by atoms with Gasteiger partial charge in [0.2, 0.25) is 5.91 Å². The molecule has 108 valence electrons. The maximum absolute atomic E-state index is 12.0. The average Bonchev–Trinajstić information content (AvgIpc) is 2.84. The van der Waals surface area contributed by atoms with Gasteiger partial charge in [0.1, 0.15) is 0 Å². The molecule has 0 saturated heterocycles. The van der Waals surface area contributed by atoms with E-state index < -0.39 is 0 Å². The van der Waals surface area contributed by atoms with Crippen LogP contribution in [0.3, 0.4) is 0 Å². The van der Waals surface area contributed by atoms with Crippen molar-refractivity contribution in [1.82, 2.24) is 4.98 Å². The van der Waals surface area contributed by atoms with Crippen molar-refractivity contribution in [2.24, 2.45) is 4.99 Å². The summed E-state index contributed by atoms with van der Waals surface area (Å²) in [6.07, 6.45) is 1.81. The Hall–Kier alpha value is -1.92. The minimum atomic E-state index is -0.191. The van der Waals surface area contributed by atoms with Crippen molar-refractivity contribution in [3.63, 3.8) is 0 Å². The molecule has 1 aliphatic rings. The highest BCUT2D eigenvalue weighted by Crippen LogP contribution is 2.22. The Morgan fingerprint density at radius 3 is 2.86 bits per heavy atom. The number of pyridine rings is 1. The van der Waals surface area contributed by atoms with Crippen LogP contribution in [-0.2, 0) is 9.59 Å². The number of amides is 2. The number of nitrogens with zero attached hydrogens (tertiary/aromatic N) is 2. The number of aromatic nitrogens is 1. The van der Waals surface area contributed by atoms with Gasteiger partial charge in [-0.3, -0.25) is 14.6 Å². The number of carbonyl (C=O) groups excluding carboxylic acids is 2. The molecule has 21 heavy (non-hydrogen) atoms. The minimum Gasteiger partial charge on any atom is -0.324 e. The molecule has 0 atom stereocenters. The number of para-hydroxylation sites is 1. The van der Waals surface area contributed by atoms with Crippen LogP contribution in [0.2, 0.25) is 0 Å². The second kappa shape index (κ2) is 6.69. The highest BCUT2D eigenvalue weighted by atomic mass is 35.5. The van der Waals surface area contributed by atoms with Gasteiger partial charge in [-0.05, 0) is 12.1 Å². The second-order valence-corrected chi connectivity index (χ2v) is 5.34. The largest absolute Gasteiger partial charge is 0.324 e. The van der Waals surface area contributed by atoms with Gasteiger partial charge in [-0.25, -0.2) is 4.99 Å². The first-order valence-corrected chi connectivity index (χ1v) is 7.08. The predicted molar refractivity (Wildman–Crippen MR) is 87.1 cm³/mol. The average molecular weight is 322 g/mol. The van der Waals surface area contributed by atoms with Gasteiger partial charge in [0.05, 0.1) is 28.4 Å². The molecule has 1 aromatic carbocycles. The van der Waals surface area contributed by atoms with Crippen LogP contribution in [0.5, 0.6) is 0 Å². The van der Waals surface area contributed by atoms with E-state index in [9.17, 15) is 9.59 Å². The number of rotatable bonds is 3. The summed E-state index contributed by atoms with van der Waals surface area (Å²) in [4.78, 5) is 31.1. The Bertz CT molecular complexity index is 728. The minimum absolute atomic E-state index is 0. The second-order valence-electron chi connectivity index (χ2n) is 4.29. The molecule has 0 bridgehead atoms. The van der Waals surface area contributed by atoms with Crippen LogP contribution in [0.4, 0.5) is 5.69 Å². The maximum atomic E-state index is 12.0. The Kier molecular flexibility index (Phi) is 4.93. The monoisotopic (exact) mass is 321 g/mol. The molecule has 0 fully saturated rings. The van der Waals surface area contributed by atoms with Crippen molar-refractivity contribution < 1.29 is 9.59 Å². The normalized spacial score (nSPS) is 13.7. The number of carbonyl (C=O) groups is 2. The molecule has 1 N–H and O–H groups in total. The van der Waals surface area contributed by atoms with E-state index in [-0.39, 0.29) is 30.6 Å². The van der Waals surface area contributed by atoms with Gasteiger partial charge in [-0.1, -0.05) is 18.2 Å². The van der Waals surface area contributed by atoms with Crippen LogP contribution < -0.4 is 5.32 Å². The van der Waals surface area contributed by atoms with Crippen molar-refractivity contribution in [1.29, 1.82) is 0 Å². The first kappa shape index (κ1) is 15.5. The molecular weight excluding hydrogens is 310 g/mol. The molecule has 3 rings (SSSR count). The summed E-state index contributed by atoms with van der Waals surface area (Å²) in [6.45, 7) is 0. The lowest BCUT2D eigenvalue weighted by molar-refractivity contribution is -0.115. The topological polar surface area (TPSA) is 71.4 Å². The summed E-state index contributed by atoms with van der Waals surface area (Å²) in [5.74, 6) is -0.0351. The quantitative estimate of drug-likeness (QED) is 0.943. The Morgan fingerprint density at radius 1 is 1.29 bits per heavy atom. The lowest BCUT2D eigenvalue weighted by atomic mass is 10.2. The lowest BCUT2D eigenvalue weighted by Gasteiger charge is -2.07. The van der Waals surface area contributed by atoms with Crippen LogP contribution in [0.25, 0.3) is 10.9 Å². The highest BCUT2D eigenvalue weighted by molar-refractivity contribution is 8.15. The molecule has 0 radical (unpaired) electrons. The van der Waals surface area contributed by atoms with Crippen LogP contribution in [0.1, 0.15) is 6.42 Å². The lowest BCUT2D eigenvalue weighted by Crippen LogP contribution is -2.14. The van der Waals surface area contributed by atoms with Crippen molar-refractivity contribution >= 4 is 57.6 Å². The van der Waals surface area contributed by atoms with Crippen molar-refractivity contribution in [2.75, 3.05) is 11.1 Å². The van der Waals surface area contributed by atoms with E-state index in [1.54, 1.807) is 6.20 Å². The summed E-state index contributed by atoms with van der Waals surface area (Å²) in [5, 5.41) is 4.36. The van der Waals surface area contributed by atoms with Gasteiger partial charge >= 0.3 is 0 Å². The van der Waals surface area contributed by atoms with E-state index in [0.29, 0.717) is 16.5 Å². The molecule has 1 aliphatic heterocycles. The SMILES string of the molecule is Cl.O=C1CSC(CC(=O)Nc2cccc3cccnc23)=N1. The summed E-state index contributed by atoms with van der Waals surface area (Å²) in [6, 6.07) is 9.40. The summed E-state index contributed by atoms with van der Waals surface area (Å²) < 4.78 is 0.